The molecule has 4 nitrogen and oxygen atoms in total. The second-order valence-corrected chi connectivity index (χ2v) is 7.46. The lowest BCUT2D eigenvalue weighted by molar-refractivity contribution is 0.0606. The number of methoxy groups -OCH3 is 1. The molecule has 0 fully saturated rings. The van der Waals surface area contributed by atoms with Gasteiger partial charge < -0.3 is 10.1 Å². The smallest absolute Gasteiger partial charge is 0.348 e. The van der Waals surface area contributed by atoms with Crippen LogP contribution in [0.5, 0.6) is 0 Å². The summed E-state index contributed by atoms with van der Waals surface area (Å²) in [6.07, 6.45) is 11.2. The van der Waals surface area contributed by atoms with Crippen LogP contribution in [0.3, 0.4) is 0 Å². The number of nitrogens with zero attached hydrogens (tertiary/aromatic N) is 1. The molecule has 126 valence electrons. The number of hydrogen-bond donors (Lipinski definition) is 1. The summed E-state index contributed by atoms with van der Waals surface area (Å²) in [5.41, 5.74) is 2.44. The van der Waals surface area contributed by atoms with Crippen molar-refractivity contribution < 1.29 is 9.53 Å². The first-order valence-electron chi connectivity index (χ1n) is 7.99. The van der Waals surface area contributed by atoms with Gasteiger partial charge in [-0.15, -0.1) is 22.7 Å². The Labute approximate surface area is 149 Å². The zero-order valence-electron chi connectivity index (χ0n) is 13.6. The van der Waals surface area contributed by atoms with Crippen LogP contribution in [-0.2, 0) is 4.74 Å². The molecular weight excluding hydrogens is 340 g/mol. The van der Waals surface area contributed by atoms with E-state index in [-0.39, 0.29) is 5.97 Å². The largest absolute Gasteiger partial charge is 0.465 e. The summed E-state index contributed by atoms with van der Waals surface area (Å²) in [7, 11) is 1.40. The highest BCUT2D eigenvalue weighted by molar-refractivity contribution is 7.18. The Morgan fingerprint density at radius 2 is 2.33 bits per heavy atom. The highest BCUT2D eigenvalue weighted by Crippen LogP contribution is 2.31. The molecule has 24 heavy (non-hydrogen) atoms. The van der Waals surface area contributed by atoms with Gasteiger partial charge in [0.25, 0.3) is 0 Å². The number of hydrogen-bond acceptors (Lipinski definition) is 6. The Kier molecular flexibility index (Phi) is 5.82. The molecule has 0 bridgehead atoms. The lowest BCUT2D eigenvalue weighted by Gasteiger charge is -2.08. The molecule has 6 heteroatoms. The molecule has 3 rings (SSSR count). The van der Waals surface area contributed by atoms with E-state index in [0.717, 1.165) is 35.1 Å². The molecule has 0 aromatic carbocycles. The van der Waals surface area contributed by atoms with Crippen molar-refractivity contribution in [2.24, 2.45) is 0 Å². The minimum absolute atomic E-state index is 0.299. The Morgan fingerprint density at radius 3 is 3.12 bits per heavy atom. The van der Waals surface area contributed by atoms with Gasteiger partial charge in [0.1, 0.15) is 4.88 Å². The van der Waals surface area contributed by atoms with Gasteiger partial charge in [-0.2, -0.15) is 0 Å². The number of anilines is 1. The molecule has 0 radical (unpaired) electrons. The zero-order chi connectivity index (χ0) is 16.8. The van der Waals surface area contributed by atoms with Crippen molar-refractivity contribution in [2.75, 3.05) is 19.0 Å². The van der Waals surface area contributed by atoms with E-state index in [0.29, 0.717) is 4.88 Å². The molecule has 2 heterocycles. The third-order valence-corrected chi connectivity index (χ3v) is 5.69. The first-order chi connectivity index (χ1) is 11.8. The van der Waals surface area contributed by atoms with Gasteiger partial charge in [0.2, 0.25) is 0 Å². The fourth-order valence-corrected chi connectivity index (χ4v) is 4.22. The van der Waals surface area contributed by atoms with E-state index in [4.69, 9.17) is 4.74 Å². The summed E-state index contributed by atoms with van der Waals surface area (Å²) in [6, 6.07) is 3.70. The maximum Gasteiger partial charge on any atom is 0.348 e. The van der Waals surface area contributed by atoms with Crippen LogP contribution >= 0.6 is 22.7 Å². The van der Waals surface area contributed by atoms with E-state index in [1.807, 2.05) is 11.4 Å². The fraction of sp³-hybridized carbons (Fsp3) is 0.333. The Morgan fingerprint density at radius 1 is 1.42 bits per heavy atom. The van der Waals surface area contributed by atoms with E-state index >= 15 is 0 Å². The van der Waals surface area contributed by atoms with E-state index in [1.165, 1.54) is 36.9 Å². The van der Waals surface area contributed by atoms with E-state index in [1.54, 1.807) is 17.4 Å². The number of thiazole rings is 1. The summed E-state index contributed by atoms with van der Waals surface area (Å²) in [6.45, 7) is 0.922. The molecule has 2 aromatic rings. The van der Waals surface area contributed by atoms with Gasteiger partial charge in [0.05, 0.1) is 17.7 Å². The highest BCUT2D eigenvalue weighted by Gasteiger charge is 2.12. The normalized spacial score (nSPS) is 13.6. The second-order valence-electron chi connectivity index (χ2n) is 5.52. The molecule has 1 N–H and O–H groups in total. The summed E-state index contributed by atoms with van der Waals surface area (Å²) < 4.78 is 4.74. The lowest BCUT2D eigenvalue weighted by Crippen LogP contribution is -2.02. The summed E-state index contributed by atoms with van der Waals surface area (Å²) >= 11 is 3.00. The molecule has 0 saturated heterocycles. The molecule has 0 aliphatic heterocycles. The van der Waals surface area contributed by atoms with Crippen LogP contribution < -0.4 is 5.32 Å². The third kappa shape index (κ3) is 4.33. The van der Waals surface area contributed by atoms with Gasteiger partial charge in [0.15, 0.2) is 5.13 Å². The van der Waals surface area contributed by atoms with Crippen molar-refractivity contribution in [3.05, 3.63) is 46.2 Å². The summed E-state index contributed by atoms with van der Waals surface area (Å²) in [5.74, 6) is -0.299. The van der Waals surface area contributed by atoms with E-state index in [9.17, 15) is 4.79 Å². The zero-order valence-corrected chi connectivity index (χ0v) is 15.2. The van der Waals surface area contributed by atoms with Gasteiger partial charge in [-0.3, -0.25) is 0 Å². The monoisotopic (exact) mass is 360 g/mol. The van der Waals surface area contributed by atoms with Gasteiger partial charge in [-0.1, -0.05) is 23.8 Å². The number of thiophene rings is 1. The number of ether oxygens (including phenoxy) is 1. The maximum atomic E-state index is 11.5. The average molecular weight is 361 g/mol. The van der Waals surface area contributed by atoms with Gasteiger partial charge in [-0.05, 0) is 37.8 Å². The molecule has 1 aliphatic rings. The Hall–Kier alpha value is -1.92. The van der Waals surface area contributed by atoms with Crippen molar-refractivity contribution in [2.45, 2.75) is 25.7 Å². The van der Waals surface area contributed by atoms with Gasteiger partial charge in [-0.25, -0.2) is 9.78 Å². The molecule has 0 saturated carbocycles. The van der Waals surface area contributed by atoms with Crippen LogP contribution in [-0.4, -0.2) is 24.6 Å². The van der Waals surface area contributed by atoms with E-state index < -0.39 is 0 Å². The number of aromatic nitrogens is 1. The van der Waals surface area contributed by atoms with Crippen molar-refractivity contribution in [3.63, 3.8) is 0 Å². The average Bonchev–Trinajstić information content (AvgIpc) is 3.28. The fourth-order valence-electron chi connectivity index (χ4n) is 2.53. The molecule has 0 unspecified atom stereocenters. The number of rotatable bonds is 7. The van der Waals surface area contributed by atoms with Gasteiger partial charge >= 0.3 is 5.97 Å². The Balaban J connectivity index is 1.50. The van der Waals surface area contributed by atoms with Crippen LogP contribution in [0.15, 0.2) is 41.3 Å². The van der Waals surface area contributed by atoms with Crippen molar-refractivity contribution in [1.29, 1.82) is 0 Å². The number of carbonyl (C=O) groups excluding carboxylic acids is 1. The van der Waals surface area contributed by atoms with Crippen molar-refractivity contribution in [1.82, 2.24) is 4.98 Å². The number of allylic oxidation sites excluding steroid dienone is 4. The molecule has 0 spiro atoms. The maximum absolute atomic E-state index is 11.5. The second kappa shape index (κ2) is 8.26. The molecule has 2 aromatic heterocycles. The SMILES string of the molecule is COC(=O)c1ccc(-c2csc(NCCCC3=CC=CCC3)n2)s1. The van der Waals surface area contributed by atoms with Crippen LogP contribution in [0.4, 0.5) is 5.13 Å². The topological polar surface area (TPSA) is 51.2 Å². The first kappa shape index (κ1) is 16.9. The van der Waals surface area contributed by atoms with Crippen LogP contribution in [0.25, 0.3) is 10.6 Å². The number of carbonyl (C=O) groups is 1. The highest BCUT2D eigenvalue weighted by atomic mass is 32.1. The van der Waals surface area contributed by atoms with E-state index in [2.05, 4.69) is 28.5 Å². The third-order valence-electron chi connectivity index (χ3n) is 3.80. The molecule has 0 amide bonds. The standard InChI is InChI=1S/C18H20N2O2S2/c1-22-17(21)16-10-9-15(24-16)14-12-23-18(20-14)19-11-5-8-13-6-3-2-4-7-13/h2-3,6,9-10,12H,4-5,7-8,11H2,1H3,(H,19,20). The predicted molar refractivity (Wildman–Crippen MR) is 101 cm³/mol. The first-order valence-corrected chi connectivity index (χ1v) is 9.68. The lowest BCUT2D eigenvalue weighted by atomic mass is 10.0. The molecule has 1 aliphatic carbocycles. The summed E-state index contributed by atoms with van der Waals surface area (Å²) in [5, 5.41) is 6.33. The summed E-state index contributed by atoms with van der Waals surface area (Å²) in [4.78, 5) is 17.7. The Bertz CT molecular complexity index is 759. The van der Waals surface area contributed by atoms with Crippen LogP contribution in [0.1, 0.15) is 35.4 Å². The minimum atomic E-state index is -0.299. The van der Waals surface area contributed by atoms with Gasteiger partial charge in [0, 0.05) is 11.9 Å². The molecular formula is C18H20N2O2S2. The van der Waals surface area contributed by atoms with Crippen molar-refractivity contribution in [3.8, 4) is 10.6 Å². The van der Waals surface area contributed by atoms with Crippen LogP contribution in [0.2, 0.25) is 0 Å². The number of esters is 1. The molecule has 0 atom stereocenters. The van der Waals surface area contributed by atoms with Crippen LogP contribution in [0, 0.1) is 0 Å². The van der Waals surface area contributed by atoms with Crippen molar-refractivity contribution >= 4 is 33.8 Å². The number of nitrogens with one attached hydrogen (secondary N) is 1. The minimum Gasteiger partial charge on any atom is -0.465 e. The predicted octanol–water partition coefficient (Wildman–Crippen LogP) is 5.13. The quantitative estimate of drug-likeness (QED) is 0.549.